The molecule has 0 bridgehead atoms. The summed E-state index contributed by atoms with van der Waals surface area (Å²) in [5, 5.41) is 2.61. The molecule has 1 heterocycles. The van der Waals surface area contributed by atoms with Crippen LogP contribution in [0.2, 0.25) is 0 Å². The summed E-state index contributed by atoms with van der Waals surface area (Å²) in [5.41, 5.74) is 1.84. The summed E-state index contributed by atoms with van der Waals surface area (Å²) >= 11 is 0. The smallest absolute Gasteiger partial charge is 0.329 e. The molecule has 8 heteroatoms. The van der Waals surface area contributed by atoms with E-state index in [1.54, 1.807) is 55.6 Å². The summed E-state index contributed by atoms with van der Waals surface area (Å²) in [6.45, 7) is 2.56. The Kier molecular flexibility index (Phi) is 5.63. The van der Waals surface area contributed by atoms with E-state index in [1.807, 2.05) is 0 Å². The van der Waals surface area contributed by atoms with Crippen molar-refractivity contribution in [2.24, 2.45) is 7.05 Å². The number of esters is 1. The number of hydrogen-bond donors (Lipinski definition) is 1. The number of aromatic nitrogens is 2. The highest BCUT2D eigenvalue weighted by molar-refractivity contribution is 5.98. The lowest BCUT2D eigenvalue weighted by atomic mass is 10.1. The molecule has 1 unspecified atom stereocenters. The number of aryl methyl sites for hydroxylation is 1. The van der Waals surface area contributed by atoms with Gasteiger partial charge in [-0.3, -0.25) is 23.5 Å². The van der Waals surface area contributed by atoms with E-state index in [4.69, 9.17) is 4.74 Å². The van der Waals surface area contributed by atoms with Crippen LogP contribution in [0.25, 0.3) is 11.0 Å². The number of hydrogen-bond acceptors (Lipinski definition) is 5. The quantitative estimate of drug-likeness (QED) is 0.509. The lowest BCUT2D eigenvalue weighted by Crippen LogP contribution is -2.33. The lowest BCUT2D eigenvalue weighted by Gasteiger charge is -2.14. The fraction of sp³-hybridized carbons (Fsp3) is 0.238. The molecule has 0 aliphatic rings. The van der Waals surface area contributed by atoms with Gasteiger partial charge in [-0.25, -0.2) is 4.79 Å². The summed E-state index contributed by atoms with van der Waals surface area (Å²) in [4.78, 5) is 48.5. The fourth-order valence-electron chi connectivity index (χ4n) is 2.99. The normalized spacial score (nSPS) is 11.8. The van der Waals surface area contributed by atoms with Crippen LogP contribution >= 0.6 is 0 Å². The molecule has 150 valence electrons. The van der Waals surface area contributed by atoms with E-state index >= 15 is 0 Å². The predicted molar refractivity (Wildman–Crippen MR) is 108 cm³/mol. The van der Waals surface area contributed by atoms with Gasteiger partial charge in [-0.05, 0) is 38.1 Å². The second-order valence-electron chi connectivity index (χ2n) is 6.67. The van der Waals surface area contributed by atoms with E-state index in [1.165, 1.54) is 23.0 Å². The minimum Gasteiger partial charge on any atom is -0.451 e. The first-order chi connectivity index (χ1) is 13.8. The van der Waals surface area contributed by atoms with Crippen molar-refractivity contribution in [3.8, 4) is 0 Å². The third kappa shape index (κ3) is 4.26. The fourth-order valence-corrected chi connectivity index (χ4v) is 2.99. The van der Waals surface area contributed by atoms with E-state index in [9.17, 15) is 19.2 Å². The van der Waals surface area contributed by atoms with Gasteiger partial charge in [0.25, 0.3) is 5.91 Å². The number of carbonyl (C=O) groups excluding carboxylic acids is 3. The maximum atomic E-state index is 12.4. The number of benzene rings is 2. The van der Waals surface area contributed by atoms with Crippen LogP contribution in [0.5, 0.6) is 0 Å². The van der Waals surface area contributed by atoms with E-state index < -0.39 is 18.0 Å². The second kappa shape index (κ2) is 8.14. The van der Waals surface area contributed by atoms with Crippen LogP contribution in [0.3, 0.4) is 0 Å². The molecule has 0 aliphatic carbocycles. The molecule has 0 aliphatic heterocycles. The molecule has 2 aromatic carbocycles. The standard InChI is InChI=1S/C21H21N3O5/c1-13(25)15-7-6-8-16(11-15)22-20(27)14(2)29-19(26)12-24-18-10-5-4-9-17(18)23(3)21(24)28/h4-11,14H,12H2,1-3H3,(H,22,27). The van der Waals surface area contributed by atoms with Crippen LogP contribution in [0.1, 0.15) is 24.2 Å². The van der Waals surface area contributed by atoms with Crippen molar-refractivity contribution in [2.75, 3.05) is 5.32 Å². The van der Waals surface area contributed by atoms with Gasteiger partial charge in [0.2, 0.25) is 0 Å². The molecular weight excluding hydrogens is 374 g/mol. The number of rotatable bonds is 6. The van der Waals surface area contributed by atoms with Gasteiger partial charge < -0.3 is 10.1 Å². The van der Waals surface area contributed by atoms with Gasteiger partial charge >= 0.3 is 11.7 Å². The Balaban J connectivity index is 1.67. The summed E-state index contributed by atoms with van der Waals surface area (Å²) in [7, 11) is 1.62. The Morgan fingerprint density at radius 3 is 2.45 bits per heavy atom. The number of para-hydroxylation sites is 2. The summed E-state index contributed by atoms with van der Waals surface area (Å²) in [5.74, 6) is -1.37. The van der Waals surface area contributed by atoms with Crippen molar-refractivity contribution in [3.63, 3.8) is 0 Å². The number of imidazole rings is 1. The first-order valence-corrected chi connectivity index (χ1v) is 9.03. The zero-order valence-electron chi connectivity index (χ0n) is 16.3. The molecule has 1 aromatic heterocycles. The van der Waals surface area contributed by atoms with Crippen molar-refractivity contribution >= 4 is 34.4 Å². The first kappa shape index (κ1) is 20.1. The average Bonchev–Trinajstić information content (AvgIpc) is 2.93. The molecule has 0 saturated heterocycles. The van der Waals surface area contributed by atoms with Gasteiger partial charge in [0.1, 0.15) is 6.54 Å². The SMILES string of the molecule is CC(=O)c1cccc(NC(=O)C(C)OC(=O)Cn2c(=O)n(C)c3ccccc32)c1. The average molecular weight is 395 g/mol. The highest BCUT2D eigenvalue weighted by Gasteiger charge is 2.20. The van der Waals surface area contributed by atoms with Crippen LogP contribution in [0.15, 0.2) is 53.3 Å². The van der Waals surface area contributed by atoms with Crippen molar-refractivity contribution in [2.45, 2.75) is 26.5 Å². The van der Waals surface area contributed by atoms with Crippen molar-refractivity contribution in [3.05, 3.63) is 64.6 Å². The van der Waals surface area contributed by atoms with Gasteiger partial charge in [0.05, 0.1) is 11.0 Å². The molecule has 1 atom stereocenters. The first-order valence-electron chi connectivity index (χ1n) is 9.03. The molecule has 0 radical (unpaired) electrons. The number of nitrogens with zero attached hydrogens (tertiary/aromatic N) is 2. The minimum absolute atomic E-state index is 0.124. The third-order valence-electron chi connectivity index (χ3n) is 4.55. The van der Waals surface area contributed by atoms with Gasteiger partial charge in [-0.15, -0.1) is 0 Å². The van der Waals surface area contributed by atoms with Crippen LogP contribution < -0.4 is 11.0 Å². The highest BCUT2D eigenvalue weighted by atomic mass is 16.5. The number of amides is 1. The molecule has 0 fully saturated rings. The van der Waals surface area contributed by atoms with E-state index in [2.05, 4.69) is 5.32 Å². The Hall–Kier alpha value is -3.68. The van der Waals surface area contributed by atoms with Crippen LogP contribution in [-0.2, 0) is 27.9 Å². The second-order valence-corrected chi connectivity index (χ2v) is 6.67. The van der Waals surface area contributed by atoms with Crippen molar-refractivity contribution in [1.29, 1.82) is 0 Å². The summed E-state index contributed by atoms with van der Waals surface area (Å²) in [6, 6.07) is 13.6. The molecule has 1 N–H and O–H groups in total. The Bertz CT molecular complexity index is 1160. The molecule has 3 rings (SSSR count). The van der Waals surface area contributed by atoms with Crippen molar-refractivity contribution in [1.82, 2.24) is 9.13 Å². The number of nitrogens with one attached hydrogen (secondary N) is 1. The number of Topliss-reactive ketones (excluding diaryl/α,β-unsaturated/α-hetero) is 1. The number of ketones is 1. The highest BCUT2D eigenvalue weighted by Crippen LogP contribution is 2.13. The monoisotopic (exact) mass is 395 g/mol. The van der Waals surface area contributed by atoms with Crippen molar-refractivity contribution < 1.29 is 19.1 Å². The maximum Gasteiger partial charge on any atom is 0.329 e. The molecule has 8 nitrogen and oxygen atoms in total. The van der Waals surface area contributed by atoms with Crippen LogP contribution in [0, 0.1) is 0 Å². The molecule has 0 saturated carbocycles. The number of anilines is 1. The predicted octanol–water partition coefficient (Wildman–Crippen LogP) is 2.11. The molecule has 29 heavy (non-hydrogen) atoms. The molecule has 0 spiro atoms. The van der Waals surface area contributed by atoms with Gasteiger partial charge in [0, 0.05) is 18.3 Å². The van der Waals surface area contributed by atoms with E-state index in [0.29, 0.717) is 22.3 Å². The van der Waals surface area contributed by atoms with Gasteiger partial charge in [-0.2, -0.15) is 0 Å². The van der Waals surface area contributed by atoms with E-state index in [0.717, 1.165) is 0 Å². The maximum absolute atomic E-state index is 12.4. The Morgan fingerprint density at radius 2 is 1.76 bits per heavy atom. The minimum atomic E-state index is -1.07. The number of fused-ring (bicyclic) bond motifs is 1. The van der Waals surface area contributed by atoms with Crippen LogP contribution in [-0.4, -0.2) is 32.9 Å². The Morgan fingerprint density at radius 1 is 1.07 bits per heavy atom. The van der Waals surface area contributed by atoms with E-state index in [-0.39, 0.29) is 18.0 Å². The number of carbonyl (C=O) groups is 3. The Labute approximate surface area is 166 Å². The van der Waals surface area contributed by atoms with Gasteiger partial charge in [-0.1, -0.05) is 24.3 Å². The van der Waals surface area contributed by atoms with Gasteiger partial charge in [0.15, 0.2) is 11.9 Å². The molecule has 3 aromatic rings. The topological polar surface area (TPSA) is 99.4 Å². The molecular formula is C21H21N3O5. The summed E-state index contributed by atoms with van der Waals surface area (Å²) in [6.07, 6.45) is -1.07. The third-order valence-corrected chi connectivity index (χ3v) is 4.55. The zero-order valence-corrected chi connectivity index (χ0v) is 16.3. The lowest BCUT2D eigenvalue weighted by molar-refractivity contribution is -0.153. The van der Waals surface area contributed by atoms with Crippen LogP contribution in [0.4, 0.5) is 5.69 Å². The zero-order chi connectivity index (χ0) is 21.1. The molecule has 1 amide bonds. The summed E-state index contributed by atoms with van der Waals surface area (Å²) < 4.78 is 7.94. The number of ether oxygens (including phenoxy) is 1. The largest absolute Gasteiger partial charge is 0.451 e.